The summed E-state index contributed by atoms with van der Waals surface area (Å²) in [6, 6.07) is 15.2. The van der Waals surface area contributed by atoms with E-state index in [1.54, 1.807) is 18.2 Å². The Kier molecular flexibility index (Phi) is 6.77. The number of thioether (sulfide) groups is 1. The minimum atomic E-state index is -0.182. The minimum Gasteiger partial charge on any atom is -0.324 e. The number of halogens is 2. The zero-order valence-corrected chi connectivity index (χ0v) is 17.0. The molecule has 0 radical (unpaired) electrons. The minimum absolute atomic E-state index is 0.182. The summed E-state index contributed by atoms with van der Waals surface area (Å²) in [4.78, 5) is 12.2. The Morgan fingerprint density at radius 1 is 1.11 bits per heavy atom. The van der Waals surface area contributed by atoms with Crippen molar-refractivity contribution in [1.29, 1.82) is 0 Å². The highest BCUT2D eigenvalue weighted by Gasteiger charge is 2.12. The van der Waals surface area contributed by atoms with Gasteiger partial charge in [0.25, 0.3) is 0 Å². The van der Waals surface area contributed by atoms with E-state index in [0.717, 1.165) is 18.7 Å². The number of nitrogens with zero attached hydrogens (tertiary/aromatic N) is 3. The Labute approximate surface area is 172 Å². The number of aromatic nitrogens is 3. The highest BCUT2D eigenvalue weighted by molar-refractivity contribution is 7.99. The summed E-state index contributed by atoms with van der Waals surface area (Å²) in [6.07, 6.45) is 1.68. The zero-order valence-electron chi connectivity index (χ0n) is 14.7. The summed E-state index contributed by atoms with van der Waals surface area (Å²) in [7, 11) is 1.91. The number of carbonyl (C=O) groups is 1. The molecule has 140 valence electrons. The topological polar surface area (TPSA) is 59.8 Å². The first-order valence-corrected chi connectivity index (χ1v) is 10.1. The summed E-state index contributed by atoms with van der Waals surface area (Å²) >= 11 is 13.3. The highest BCUT2D eigenvalue weighted by Crippen LogP contribution is 2.26. The van der Waals surface area contributed by atoms with Crippen LogP contribution in [0.2, 0.25) is 10.0 Å². The molecule has 0 aliphatic carbocycles. The van der Waals surface area contributed by atoms with Gasteiger partial charge in [-0.1, -0.05) is 65.3 Å². The second-order valence-corrected chi connectivity index (χ2v) is 7.69. The molecule has 2 aromatic carbocycles. The van der Waals surface area contributed by atoms with Crippen LogP contribution < -0.4 is 5.32 Å². The van der Waals surface area contributed by atoms with E-state index in [1.165, 1.54) is 17.3 Å². The van der Waals surface area contributed by atoms with Crippen molar-refractivity contribution in [3.05, 3.63) is 70.0 Å². The van der Waals surface area contributed by atoms with Crippen LogP contribution in [0.3, 0.4) is 0 Å². The van der Waals surface area contributed by atoms with Crippen molar-refractivity contribution in [2.45, 2.75) is 18.0 Å². The molecule has 0 unspecified atom stereocenters. The molecule has 0 bridgehead atoms. The smallest absolute Gasteiger partial charge is 0.234 e. The first kappa shape index (κ1) is 19.7. The van der Waals surface area contributed by atoms with E-state index in [4.69, 9.17) is 23.2 Å². The number of hydrogen-bond donors (Lipinski definition) is 1. The fraction of sp³-hybridized carbons (Fsp3) is 0.211. The number of anilines is 1. The van der Waals surface area contributed by atoms with Gasteiger partial charge >= 0.3 is 0 Å². The molecule has 8 heteroatoms. The van der Waals surface area contributed by atoms with Gasteiger partial charge in [0.05, 0.1) is 16.5 Å². The normalized spacial score (nSPS) is 10.8. The van der Waals surface area contributed by atoms with Crippen LogP contribution in [0.1, 0.15) is 11.4 Å². The Bertz CT molecular complexity index is 931. The molecule has 1 N–H and O–H groups in total. The van der Waals surface area contributed by atoms with Crippen molar-refractivity contribution in [3.8, 4) is 0 Å². The van der Waals surface area contributed by atoms with Gasteiger partial charge in [-0.3, -0.25) is 4.79 Å². The predicted octanol–water partition coefficient (Wildman–Crippen LogP) is 4.64. The van der Waals surface area contributed by atoms with E-state index in [0.29, 0.717) is 20.9 Å². The molecule has 3 rings (SSSR count). The SMILES string of the molecule is Cn1c(CCc2ccccc2)nnc1SCC(=O)Nc1cc(Cl)ccc1Cl. The maximum absolute atomic E-state index is 12.2. The molecule has 0 atom stereocenters. The van der Waals surface area contributed by atoms with E-state index in [-0.39, 0.29) is 11.7 Å². The van der Waals surface area contributed by atoms with Crippen LogP contribution >= 0.6 is 35.0 Å². The van der Waals surface area contributed by atoms with Crippen molar-refractivity contribution >= 4 is 46.6 Å². The molecule has 1 aromatic heterocycles. The maximum Gasteiger partial charge on any atom is 0.234 e. The van der Waals surface area contributed by atoms with Crippen molar-refractivity contribution in [3.63, 3.8) is 0 Å². The number of amides is 1. The molecule has 0 saturated carbocycles. The van der Waals surface area contributed by atoms with Crippen molar-refractivity contribution in [2.75, 3.05) is 11.1 Å². The second kappa shape index (κ2) is 9.26. The van der Waals surface area contributed by atoms with Crippen molar-refractivity contribution < 1.29 is 4.79 Å². The summed E-state index contributed by atoms with van der Waals surface area (Å²) < 4.78 is 1.92. The van der Waals surface area contributed by atoms with Gasteiger partial charge in [0, 0.05) is 18.5 Å². The lowest BCUT2D eigenvalue weighted by molar-refractivity contribution is -0.113. The fourth-order valence-corrected chi connectivity index (χ4v) is 3.57. The molecule has 3 aromatic rings. The molecule has 1 amide bonds. The zero-order chi connectivity index (χ0) is 19.2. The van der Waals surface area contributed by atoms with Crippen LogP contribution in [0.15, 0.2) is 53.7 Å². The average molecular weight is 421 g/mol. The molecule has 0 aliphatic heterocycles. The van der Waals surface area contributed by atoms with E-state index < -0.39 is 0 Å². The molecule has 27 heavy (non-hydrogen) atoms. The first-order valence-electron chi connectivity index (χ1n) is 8.33. The van der Waals surface area contributed by atoms with E-state index >= 15 is 0 Å². The third kappa shape index (κ3) is 5.48. The molecule has 5 nitrogen and oxygen atoms in total. The Balaban J connectivity index is 1.54. The monoisotopic (exact) mass is 420 g/mol. The van der Waals surface area contributed by atoms with Gasteiger partial charge in [0.1, 0.15) is 5.82 Å². The summed E-state index contributed by atoms with van der Waals surface area (Å²) in [6.45, 7) is 0. The van der Waals surface area contributed by atoms with Crippen LogP contribution in [0, 0.1) is 0 Å². The molecule has 0 saturated heterocycles. The van der Waals surface area contributed by atoms with Gasteiger partial charge in [-0.25, -0.2) is 0 Å². The first-order chi connectivity index (χ1) is 13.0. The summed E-state index contributed by atoms with van der Waals surface area (Å²) in [5.41, 5.74) is 1.75. The molecular weight excluding hydrogens is 403 g/mol. The van der Waals surface area contributed by atoms with Crippen LogP contribution in [0.5, 0.6) is 0 Å². The Hall–Kier alpha value is -2.02. The number of aryl methyl sites for hydroxylation is 2. The van der Waals surface area contributed by atoms with Gasteiger partial charge < -0.3 is 9.88 Å². The van der Waals surface area contributed by atoms with Crippen molar-refractivity contribution in [1.82, 2.24) is 14.8 Å². The Morgan fingerprint density at radius 2 is 1.89 bits per heavy atom. The lowest BCUT2D eigenvalue weighted by Gasteiger charge is -2.07. The van der Waals surface area contributed by atoms with Crippen LogP contribution in [-0.2, 0) is 24.7 Å². The number of benzene rings is 2. The molecule has 0 aliphatic rings. The molecule has 0 spiro atoms. The quantitative estimate of drug-likeness (QED) is 0.565. The molecule has 1 heterocycles. The number of nitrogens with one attached hydrogen (secondary N) is 1. The average Bonchev–Trinajstić information content (AvgIpc) is 3.02. The fourth-order valence-electron chi connectivity index (χ4n) is 2.50. The number of hydrogen-bond acceptors (Lipinski definition) is 4. The number of rotatable bonds is 7. The lowest BCUT2D eigenvalue weighted by Crippen LogP contribution is -2.15. The van der Waals surface area contributed by atoms with E-state index in [2.05, 4.69) is 27.6 Å². The van der Waals surface area contributed by atoms with Gasteiger partial charge in [-0.15, -0.1) is 10.2 Å². The van der Waals surface area contributed by atoms with E-state index in [1.807, 2.05) is 29.8 Å². The molecule has 0 fully saturated rings. The van der Waals surface area contributed by atoms with Crippen LogP contribution in [0.25, 0.3) is 0 Å². The predicted molar refractivity (Wildman–Crippen MR) is 111 cm³/mol. The third-order valence-corrected chi connectivity index (χ3v) is 5.52. The Morgan fingerprint density at radius 3 is 2.67 bits per heavy atom. The van der Waals surface area contributed by atoms with Gasteiger partial charge in [0.2, 0.25) is 5.91 Å². The lowest BCUT2D eigenvalue weighted by atomic mass is 10.1. The van der Waals surface area contributed by atoms with Gasteiger partial charge in [0.15, 0.2) is 5.16 Å². The maximum atomic E-state index is 12.2. The van der Waals surface area contributed by atoms with Crippen LogP contribution in [0.4, 0.5) is 5.69 Å². The van der Waals surface area contributed by atoms with E-state index in [9.17, 15) is 4.79 Å². The standard InChI is InChI=1S/C19H18Cl2N4OS/c1-25-17(10-7-13-5-3-2-4-6-13)23-24-19(25)27-12-18(26)22-16-11-14(20)8-9-15(16)21/h2-6,8-9,11H,7,10,12H2,1H3,(H,22,26). The molecular formula is C19H18Cl2N4OS. The number of carbonyl (C=O) groups excluding carboxylic acids is 1. The third-order valence-electron chi connectivity index (χ3n) is 3.94. The summed E-state index contributed by atoms with van der Waals surface area (Å²) in [5, 5.41) is 12.8. The van der Waals surface area contributed by atoms with Gasteiger partial charge in [-0.2, -0.15) is 0 Å². The highest BCUT2D eigenvalue weighted by atomic mass is 35.5. The van der Waals surface area contributed by atoms with Gasteiger partial charge in [-0.05, 0) is 30.2 Å². The van der Waals surface area contributed by atoms with Crippen LogP contribution in [-0.4, -0.2) is 26.4 Å². The summed E-state index contributed by atoms with van der Waals surface area (Å²) in [5.74, 6) is 0.908. The van der Waals surface area contributed by atoms with Crippen molar-refractivity contribution in [2.24, 2.45) is 7.05 Å². The largest absolute Gasteiger partial charge is 0.324 e. The second-order valence-electron chi connectivity index (χ2n) is 5.90.